The van der Waals surface area contributed by atoms with Gasteiger partial charge in [0.05, 0.1) is 22.4 Å². The zero-order valence-corrected chi connectivity index (χ0v) is 12.4. The summed E-state index contributed by atoms with van der Waals surface area (Å²) in [4.78, 5) is 0. The number of nitrogens with zero attached hydrogens (tertiary/aromatic N) is 2. The summed E-state index contributed by atoms with van der Waals surface area (Å²) >= 11 is 5.60. The van der Waals surface area contributed by atoms with Gasteiger partial charge in [0.2, 0.25) is 0 Å². The summed E-state index contributed by atoms with van der Waals surface area (Å²) in [6.07, 6.45) is 5.71. The molecule has 1 saturated heterocycles. The lowest BCUT2D eigenvalue weighted by atomic mass is 10.0. The minimum Gasteiger partial charge on any atom is -0.271 e. The van der Waals surface area contributed by atoms with Gasteiger partial charge >= 0.3 is 0 Å². The van der Waals surface area contributed by atoms with E-state index in [4.69, 9.17) is 5.84 Å². The molecule has 1 fully saturated rings. The van der Waals surface area contributed by atoms with E-state index in [0.29, 0.717) is 5.25 Å². The van der Waals surface area contributed by atoms with E-state index in [1.807, 2.05) is 22.6 Å². The van der Waals surface area contributed by atoms with Crippen LogP contribution in [0.4, 0.5) is 0 Å². The molecule has 6 heteroatoms. The van der Waals surface area contributed by atoms with Crippen molar-refractivity contribution in [3.63, 3.8) is 0 Å². The third kappa shape index (κ3) is 2.86. The molecule has 1 aromatic rings. The first kappa shape index (κ1) is 13.4. The average Bonchev–Trinajstić information content (AvgIpc) is 2.74. The van der Waals surface area contributed by atoms with Gasteiger partial charge < -0.3 is 0 Å². The predicted molar refractivity (Wildman–Crippen MR) is 75.8 cm³/mol. The molecule has 1 aromatic heterocycles. The van der Waals surface area contributed by atoms with Gasteiger partial charge in [-0.25, -0.2) is 0 Å². The third-order valence-corrected chi connectivity index (χ3v) is 5.26. The van der Waals surface area contributed by atoms with Crippen LogP contribution in [0.1, 0.15) is 37.9 Å². The molecule has 0 amide bonds. The van der Waals surface area contributed by atoms with Crippen molar-refractivity contribution in [1.29, 1.82) is 0 Å². The number of nitrogens with one attached hydrogen (secondary N) is 1. The second kappa shape index (κ2) is 6.22. The Labute approximate surface area is 115 Å². The zero-order valence-electron chi connectivity index (χ0n) is 10.0. The molecule has 2 heterocycles. The van der Waals surface area contributed by atoms with Crippen LogP contribution >= 0.6 is 27.7 Å². The second-order valence-corrected chi connectivity index (χ2v) is 6.44. The molecule has 2 atom stereocenters. The molecule has 2 rings (SSSR count). The minimum absolute atomic E-state index is 0.178. The monoisotopic (exact) mass is 318 g/mol. The Kier molecular flexibility index (Phi) is 4.90. The summed E-state index contributed by atoms with van der Waals surface area (Å²) in [6, 6.07) is 0.178. The largest absolute Gasteiger partial charge is 0.271 e. The highest BCUT2D eigenvalue weighted by atomic mass is 79.9. The van der Waals surface area contributed by atoms with Gasteiger partial charge in [0.1, 0.15) is 0 Å². The van der Waals surface area contributed by atoms with Crippen LogP contribution in [-0.2, 0) is 6.54 Å². The molecule has 0 saturated carbocycles. The third-order valence-electron chi connectivity index (χ3n) is 3.19. The van der Waals surface area contributed by atoms with E-state index in [1.165, 1.54) is 30.7 Å². The van der Waals surface area contributed by atoms with E-state index in [2.05, 4.69) is 33.4 Å². The highest BCUT2D eigenvalue weighted by Gasteiger charge is 2.28. The van der Waals surface area contributed by atoms with E-state index in [-0.39, 0.29) is 6.04 Å². The van der Waals surface area contributed by atoms with Gasteiger partial charge in [-0.05, 0) is 41.4 Å². The molecule has 1 aliphatic rings. The number of halogens is 1. The molecule has 2 unspecified atom stereocenters. The van der Waals surface area contributed by atoms with Crippen molar-refractivity contribution in [2.45, 2.75) is 44.0 Å². The Morgan fingerprint density at radius 3 is 3.12 bits per heavy atom. The fraction of sp³-hybridized carbons (Fsp3) is 0.727. The molecule has 0 radical (unpaired) electrons. The first-order chi connectivity index (χ1) is 8.27. The van der Waals surface area contributed by atoms with Gasteiger partial charge in [-0.15, -0.1) is 0 Å². The number of aryl methyl sites for hydroxylation is 1. The number of aromatic nitrogens is 2. The van der Waals surface area contributed by atoms with Crippen LogP contribution in [-0.4, -0.2) is 20.8 Å². The van der Waals surface area contributed by atoms with E-state index in [1.54, 1.807) is 0 Å². The van der Waals surface area contributed by atoms with E-state index < -0.39 is 0 Å². The number of thioether (sulfide) groups is 1. The van der Waals surface area contributed by atoms with Crippen LogP contribution in [0.25, 0.3) is 0 Å². The second-order valence-electron chi connectivity index (χ2n) is 4.24. The van der Waals surface area contributed by atoms with Gasteiger partial charge in [-0.3, -0.25) is 16.0 Å². The Bertz CT molecular complexity index is 362. The van der Waals surface area contributed by atoms with Crippen molar-refractivity contribution in [2.24, 2.45) is 5.84 Å². The Hall–Kier alpha value is -0.0400. The van der Waals surface area contributed by atoms with E-state index in [9.17, 15) is 0 Å². The van der Waals surface area contributed by atoms with Crippen molar-refractivity contribution in [3.8, 4) is 0 Å². The number of hydrogen-bond donors (Lipinski definition) is 2. The van der Waals surface area contributed by atoms with Crippen molar-refractivity contribution >= 4 is 27.7 Å². The Morgan fingerprint density at radius 1 is 1.71 bits per heavy atom. The summed E-state index contributed by atoms with van der Waals surface area (Å²) in [5.41, 5.74) is 4.15. The molecular weight excluding hydrogens is 300 g/mol. The number of nitrogens with two attached hydrogens (primary N) is 1. The molecule has 96 valence electrons. The van der Waals surface area contributed by atoms with Gasteiger partial charge in [0.15, 0.2) is 0 Å². The molecule has 3 N–H and O–H groups in total. The number of hydrazine groups is 1. The van der Waals surface area contributed by atoms with Crippen LogP contribution in [0.2, 0.25) is 0 Å². The molecular formula is C11H19BrN4S. The maximum absolute atomic E-state index is 5.76. The molecule has 0 bridgehead atoms. The Morgan fingerprint density at radius 2 is 2.53 bits per heavy atom. The van der Waals surface area contributed by atoms with Crippen molar-refractivity contribution in [2.75, 3.05) is 5.75 Å². The molecule has 4 nitrogen and oxygen atoms in total. The topological polar surface area (TPSA) is 55.9 Å². The fourth-order valence-electron chi connectivity index (χ4n) is 2.32. The van der Waals surface area contributed by atoms with Crippen LogP contribution in [0, 0.1) is 0 Å². The fourth-order valence-corrected chi connectivity index (χ4v) is 4.27. The Balaban J connectivity index is 2.23. The van der Waals surface area contributed by atoms with Crippen LogP contribution in [0.3, 0.4) is 0 Å². The first-order valence-electron chi connectivity index (χ1n) is 6.06. The highest BCUT2D eigenvalue weighted by Crippen LogP contribution is 2.36. The maximum atomic E-state index is 5.76. The summed E-state index contributed by atoms with van der Waals surface area (Å²) in [7, 11) is 0. The molecule has 0 aliphatic carbocycles. The summed E-state index contributed by atoms with van der Waals surface area (Å²) in [6.45, 7) is 2.97. The molecule has 17 heavy (non-hydrogen) atoms. The van der Waals surface area contributed by atoms with Gasteiger partial charge in [0, 0.05) is 11.8 Å². The van der Waals surface area contributed by atoms with Gasteiger partial charge in [-0.2, -0.15) is 16.9 Å². The summed E-state index contributed by atoms with van der Waals surface area (Å²) in [5, 5.41) is 4.91. The van der Waals surface area contributed by atoms with Gasteiger partial charge in [-0.1, -0.05) is 6.42 Å². The number of hydrogen-bond acceptors (Lipinski definition) is 4. The lowest BCUT2D eigenvalue weighted by Crippen LogP contribution is -2.38. The highest BCUT2D eigenvalue weighted by molar-refractivity contribution is 9.10. The smallest absolute Gasteiger partial charge is 0.0758 e. The van der Waals surface area contributed by atoms with Crippen LogP contribution in [0.5, 0.6) is 0 Å². The average molecular weight is 319 g/mol. The normalized spacial score (nSPS) is 22.6. The van der Waals surface area contributed by atoms with Crippen molar-refractivity contribution < 1.29 is 0 Å². The van der Waals surface area contributed by atoms with Crippen LogP contribution < -0.4 is 11.3 Å². The van der Waals surface area contributed by atoms with Crippen molar-refractivity contribution in [3.05, 3.63) is 16.4 Å². The lowest BCUT2D eigenvalue weighted by molar-refractivity contribution is 0.451. The maximum Gasteiger partial charge on any atom is 0.0758 e. The summed E-state index contributed by atoms with van der Waals surface area (Å²) < 4.78 is 3.07. The first-order valence-corrected chi connectivity index (χ1v) is 7.91. The standard InChI is InChI=1S/C11H19BrN4S/c1-2-16-11(8(12)7-14-16)10(15-13)9-5-3-4-6-17-9/h7,9-10,15H,2-6,13H2,1H3. The van der Waals surface area contributed by atoms with Crippen molar-refractivity contribution in [1.82, 2.24) is 15.2 Å². The van der Waals surface area contributed by atoms with Gasteiger partial charge in [0.25, 0.3) is 0 Å². The van der Waals surface area contributed by atoms with E-state index in [0.717, 1.165) is 11.0 Å². The summed E-state index contributed by atoms with van der Waals surface area (Å²) in [5.74, 6) is 7.00. The molecule has 0 spiro atoms. The zero-order chi connectivity index (χ0) is 12.3. The van der Waals surface area contributed by atoms with Crippen LogP contribution in [0.15, 0.2) is 10.7 Å². The molecule has 0 aromatic carbocycles. The quantitative estimate of drug-likeness (QED) is 0.661. The lowest BCUT2D eigenvalue weighted by Gasteiger charge is -2.30. The van der Waals surface area contributed by atoms with E-state index >= 15 is 0 Å². The predicted octanol–water partition coefficient (Wildman–Crippen LogP) is 2.46. The molecule has 1 aliphatic heterocycles. The minimum atomic E-state index is 0.178. The SMILES string of the molecule is CCn1ncc(Br)c1C(NN)C1CCCCS1. The number of rotatable bonds is 4.